The van der Waals surface area contributed by atoms with Gasteiger partial charge in [0.25, 0.3) is 0 Å². The van der Waals surface area contributed by atoms with Gasteiger partial charge in [-0.05, 0) is 61.9 Å². The molecule has 4 heterocycles. The van der Waals surface area contributed by atoms with Crippen molar-refractivity contribution >= 4 is 23.1 Å². The Morgan fingerprint density at radius 2 is 2.24 bits per heavy atom. The van der Waals surface area contributed by atoms with E-state index in [4.69, 9.17) is 4.42 Å². The minimum Gasteiger partial charge on any atom is -0.467 e. The minimum absolute atomic E-state index is 0.106. The van der Waals surface area contributed by atoms with Crippen LogP contribution < -0.4 is 5.32 Å². The molecule has 0 saturated carbocycles. The average molecular weight is 409 g/mol. The molecule has 1 atom stereocenters. The highest BCUT2D eigenvalue weighted by atomic mass is 32.1. The third kappa shape index (κ3) is 3.61. The van der Waals surface area contributed by atoms with E-state index in [1.807, 2.05) is 30.5 Å². The van der Waals surface area contributed by atoms with E-state index in [-0.39, 0.29) is 11.9 Å². The maximum absolute atomic E-state index is 12.9. The number of aromatic nitrogens is 1. The van der Waals surface area contributed by atoms with Crippen molar-refractivity contribution in [1.29, 1.82) is 5.26 Å². The van der Waals surface area contributed by atoms with Crippen LogP contribution in [0, 0.1) is 25.2 Å². The first-order chi connectivity index (χ1) is 14.0. The molecule has 0 aliphatic carbocycles. The van der Waals surface area contributed by atoms with E-state index in [0.29, 0.717) is 24.5 Å². The zero-order valence-electron chi connectivity index (χ0n) is 16.9. The lowest BCUT2D eigenvalue weighted by molar-refractivity contribution is -0.118. The lowest BCUT2D eigenvalue weighted by Crippen LogP contribution is -2.39. The van der Waals surface area contributed by atoms with Crippen LogP contribution >= 0.6 is 11.3 Å². The fourth-order valence-corrected chi connectivity index (χ4v) is 4.98. The molecule has 0 spiro atoms. The van der Waals surface area contributed by atoms with Crippen molar-refractivity contribution in [1.82, 2.24) is 9.47 Å². The van der Waals surface area contributed by atoms with Crippen molar-refractivity contribution in [2.75, 3.05) is 18.4 Å². The van der Waals surface area contributed by atoms with Gasteiger partial charge in [0.2, 0.25) is 5.91 Å². The molecule has 1 aliphatic rings. The third-order valence-electron chi connectivity index (χ3n) is 5.84. The topological polar surface area (TPSA) is 74.2 Å². The van der Waals surface area contributed by atoms with Gasteiger partial charge in [0, 0.05) is 23.2 Å². The highest BCUT2D eigenvalue weighted by Gasteiger charge is 2.27. The highest BCUT2D eigenvalue weighted by molar-refractivity contribution is 7.10. The van der Waals surface area contributed by atoms with Crippen LogP contribution in [0.4, 0.5) is 5.82 Å². The molecule has 3 aromatic rings. The van der Waals surface area contributed by atoms with Gasteiger partial charge < -0.3 is 14.3 Å². The number of hydrogen-bond donors (Lipinski definition) is 1. The standard InChI is InChI=1S/C22H24N4O2S/c1-14-15(2)26(12-17-5-4-9-28-17)22(19(14)11-23)24-21(27)13-25-8-6-20-18(16(25)3)7-10-29-20/h4-5,7,9-10,16H,6,8,12-13H2,1-3H3,(H,24,27)/t16-/m0/s1. The monoisotopic (exact) mass is 408 g/mol. The first-order valence-electron chi connectivity index (χ1n) is 9.72. The maximum atomic E-state index is 12.9. The van der Waals surface area contributed by atoms with Gasteiger partial charge in [0.05, 0.1) is 24.9 Å². The Labute approximate surface area is 174 Å². The molecular formula is C22H24N4O2S. The van der Waals surface area contributed by atoms with Crippen molar-refractivity contribution in [2.24, 2.45) is 0 Å². The van der Waals surface area contributed by atoms with Gasteiger partial charge in [-0.25, -0.2) is 0 Å². The van der Waals surface area contributed by atoms with Crippen LogP contribution in [0.1, 0.15) is 46.0 Å². The Bertz CT molecular complexity index is 1070. The molecule has 0 aromatic carbocycles. The summed E-state index contributed by atoms with van der Waals surface area (Å²) in [5, 5.41) is 14.8. The number of carbonyl (C=O) groups excluding carboxylic acids is 1. The molecule has 1 N–H and O–H groups in total. The van der Waals surface area contributed by atoms with E-state index in [0.717, 1.165) is 30.0 Å². The maximum Gasteiger partial charge on any atom is 0.239 e. The number of rotatable bonds is 5. The number of nitrogens with zero attached hydrogens (tertiary/aromatic N) is 3. The number of nitrogens with one attached hydrogen (secondary N) is 1. The Hall–Kier alpha value is -2.82. The van der Waals surface area contributed by atoms with Crippen LogP contribution in [0.15, 0.2) is 34.3 Å². The second-order valence-corrected chi connectivity index (χ2v) is 8.46. The van der Waals surface area contributed by atoms with Crippen LogP contribution in [0.5, 0.6) is 0 Å². The molecule has 29 heavy (non-hydrogen) atoms. The Kier molecular flexibility index (Phi) is 5.31. The van der Waals surface area contributed by atoms with Crippen molar-refractivity contribution in [3.05, 3.63) is 62.9 Å². The molecule has 3 aromatic heterocycles. The molecule has 150 valence electrons. The first-order valence-corrected chi connectivity index (χ1v) is 10.6. The van der Waals surface area contributed by atoms with Crippen molar-refractivity contribution in [2.45, 2.75) is 39.8 Å². The SMILES string of the molecule is Cc1c(C#N)c(NC(=O)CN2CCc3sccc3[C@@H]2C)n(Cc2ccco2)c1C. The quantitative estimate of drug-likeness (QED) is 0.685. The molecule has 0 unspecified atom stereocenters. The number of furan rings is 1. The molecule has 0 fully saturated rings. The van der Waals surface area contributed by atoms with Gasteiger partial charge in [-0.2, -0.15) is 5.26 Å². The number of amides is 1. The number of thiophene rings is 1. The van der Waals surface area contributed by atoms with E-state index in [1.54, 1.807) is 17.6 Å². The van der Waals surface area contributed by atoms with Gasteiger partial charge in [0.1, 0.15) is 17.6 Å². The molecule has 0 radical (unpaired) electrons. The number of fused-ring (bicyclic) bond motifs is 1. The van der Waals surface area contributed by atoms with Crippen LogP contribution in [0.2, 0.25) is 0 Å². The number of carbonyl (C=O) groups is 1. The summed E-state index contributed by atoms with van der Waals surface area (Å²) in [5.41, 5.74) is 3.65. The molecule has 0 saturated heterocycles. The summed E-state index contributed by atoms with van der Waals surface area (Å²) in [6.45, 7) is 7.64. The van der Waals surface area contributed by atoms with Crippen LogP contribution in [0.25, 0.3) is 0 Å². The normalized spacial score (nSPS) is 16.4. The van der Waals surface area contributed by atoms with Crippen molar-refractivity contribution in [3.8, 4) is 6.07 Å². The number of nitriles is 1. The van der Waals surface area contributed by atoms with E-state index in [1.165, 1.54) is 10.4 Å². The summed E-state index contributed by atoms with van der Waals surface area (Å²) >= 11 is 1.79. The smallest absolute Gasteiger partial charge is 0.239 e. The fraction of sp³-hybridized carbons (Fsp3) is 0.364. The Morgan fingerprint density at radius 3 is 2.97 bits per heavy atom. The average Bonchev–Trinajstić information content (AvgIpc) is 3.42. The van der Waals surface area contributed by atoms with E-state index in [9.17, 15) is 10.1 Å². The zero-order chi connectivity index (χ0) is 20.5. The predicted octanol–water partition coefficient (Wildman–Crippen LogP) is 4.24. The second-order valence-electron chi connectivity index (χ2n) is 7.46. The summed E-state index contributed by atoms with van der Waals surface area (Å²) < 4.78 is 7.42. The molecule has 4 rings (SSSR count). The van der Waals surface area contributed by atoms with Gasteiger partial charge >= 0.3 is 0 Å². The summed E-state index contributed by atoms with van der Waals surface area (Å²) in [6, 6.07) is 8.35. The number of anilines is 1. The number of hydrogen-bond acceptors (Lipinski definition) is 5. The molecule has 7 heteroatoms. The molecule has 6 nitrogen and oxygen atoms in total. The van der Waals surface area contributed by atoms with Crippen molar-refractivity contribution < 1.29 is 9.21 Å². The van der Waals surface area contributed by atoms with E-state index >= 15 is 0 Å². The fourth-order valence-electron chi connectivity index (χ4n) is 4.02. The zero-order valence-corrected chi connectivity index (χ0v) is 17.7. The predicted molar refractivity (Wildman–Crippen MR) is 113 cm³/mol. The molecule has 0 bridgehead atoms. The molecular weight excluding hydrogens is 384 g/mol. The van der Waals surface area contributed by atoms with Gasteiger partial charge in [-0.15, -0.1) is 11.3 Å². The van der Waals surface area contributed by atoms with E-state index < -0.39 is 0 Å². The Morgan fingerprint density at radius 1 is 1.41 bits per heavy atom. The minimum atomic E-state index is -0.106. The summed E-state index contributed by atoms with van der Waals surface area (Å²) in [6.07, 6.45) is 2.60. The highest BCUT2D eigenvalue weighted by Crippen LogP contribution is 2.33. The van der Waals surface area contributed by atoms with Gasteiger partial charge in [0.15, 0.2) is 0 Å². The van der Waals surface area contributed by atoms with Crippen LogP contribution in [-0.4, -0.2) is 28.5 Å². The second kappa shape index (κ2) is 7.90. The van der Waals surface area contributed by atoms with Gasteiger partial charge in [-0.3, -0.25) is 9.69 Å². The van der Waals surface area contributed by atoms with Gasteiger partial charge in [-0.1, -0.05) is 0 Å². The van der Waals surface area contributed by atoms with Crippen molar-refractivity contribution in [3.63, 3.8) is 0 Å². The lowest BCUT2D eigenvalue weighted by Gasteiger charge is -2.32. The third-order valence-corrected chi connectivity index (χ3v) is 6.84. The lowest BCUT2D eigenvalue weighted by atomic mass is 10.0. The van der Waals surface area contributed by atoms with Crippen LogP contribution in [0.3, 0.4) is 0 Å². The summed E-state index contributed by atoms with van der Waals surface area (Å²) in [7, 11) is 0. The molecule has 1 amide bonds. The Balaban J connectivity index is 1.55. The van der Waals surface area contributed by atoms with E-state index in [2.05, 4.69) is 34.7 Å². The molecule has 1 aliphatic heterocycles. The summed E-state index contributed by atoms with van der Waals surface area (Å²) in [4.78, 5) is 16.5. The summed E-state index contributed by atoms with van der Waals surface area (Å²) in [5.74, 6) is 1.22. The largest absolute Gasteiger partial charge is 0.467 e. The van der Waals surface area contributed by atoms with Crippen LogP contribution in [-0.2, 0) is 17.8 Å². The first kappa shape index (κ1) is 19.5.